The molecule has 0 radical (unpaired) electrons. The molecule has 2 unspecified atom stereocenters. The molecular weight excluding hydrogens is 217 g/mol. The number of likely N-dealkylation sites (N-methyl/N-ethyl adjacent to an activating group) is 1. The van der Waals surface area contributed by atoms with Crippen LogP contribution in [0, 0.1) is 11.7 Å². The zero-order chi connectivity index (χ0) is 12.1. The van der Waals surface area contributed by atoms with Crippen molar-refractivity contribution in [2.45, 2.75) is 25.3 Å². The van der Waals surface area contributed by atoms with Crippen molar-refractivity contribution in [1.82, 2.24) is 5.32 Å². The van der Waals surface area contributed by atoms with Gasteiger partial charge in [0.25, 0.3) is 0 Å². The number of halogens is 1. The molecule has 2 rings (SSSR count). The Morgan fingerprint density at radius 1 is 1.47 bits per heavy atom. The summed E-state index contributed by atoms with van der Waals surface area (Å²) in [5, 5.41) is 3.28. The molecule has 1 fully saturated rings. The standard InChI is InChI=1S/C14H20FNO/c1-16-13(8-11-6-7-17-10-11)9-12-4-2-3-5-14(12)15/h2-5,11,13,16H,6-10H2,1H3. The van der Waals surface area contributed by atoms with Crippen molar-refractivity contribution >= 4 is 0 Å². The highest BCUT2D eigenvalue weighted by molar-refractivity contribution is 5.18. The van der Waals surface area contributed by atoms with E-state index in [2.05, 4.69) is 5.32 Å². The molecule has 1 aromatic carbocycles. The lowest BCUT2D eigenvalue weighted by molar-refractivity contribution is 0.181. The maximum absolute atomic E-state index is 13.5. The molecule has 17 heavy (non-hydrogen) atoms. The van der Waals surface area contributed by atoms with Crippen molar-refractivity contribution in [1.29, 1.82) is 0 Å². The van der Waals surface area contributed by atoms with Crippen molar-refractivity contribution in [3.8, 4) is 0 Å². The highest BCUT2D eigenvalue weighted by atomic mass is 19.1. The summed E-state index contributed by atoms with van der Waals surface area (Å²) in [5.41, 5.74) is 0.797. The van der Waals surface area contributed by atoms with Gasteiger partial charge in [0.2, 0.25) is 0 Å². The molecule has 2 nitrogen and oxygen atoms in total. The number of nitrogens with one attached hydrogen (secondary N) is 1. The van der Waals surface area contributed by atoms with Crippen molar-refractivity contribution in [3.05, 3.63) is 35.6 Å². The topological polar surface area (TPSA) is 21.3 Å². The first-order chi connectivity index (χ1) is 8.29. The summed E-state index contributed by atoms with van der Waals surface area (Å²) >= 11 is 0. The van der Waals surface area contributed by atoms with E-state index in [0.29, 0.717) is 12.0 Å². The van der Waals surface area contributed by atoms with E-state index in [0.717, 1.165) is 38.0 Å². The van der Waals surface area contributed by atoms with E-state index in [-0.39, 0.29) is 5.82 Å². The van der Waals surface area contributed by atoms with Gasteiger partial charge in [-0.3, -0.25) is 0 Å². The average molecular weight is 237 g/mol. The Morgan fingerprint density at radius 3 is 2.94 bits per heavy atom. The van der Waals surface area contributed by atoms with Gasteiger partial charge < -0.3 is 10.1 Å². The third-order valence-electron chi connectivity index (χ3n) is 3.47. The molecule has 1 heterocycles. The summed E-state index contributed by atoms with van der Waals surface area (Å²) in [4.78, 5) is 0. The monoisotopic (exact) mass is 237 g/mol. The lowest BCUT2D eigenvalue weighted by atomic mass is 9.94. The fourth-order valence-corrected chi connectivity index (χ4v) is 2.40. The summed E-state index contributed by atoms with van der Waals surface area (Å²) in [6.45, 7) is 1.73. The lowest BCUT2D eigenvalue weighted by Crippen LogP contribution is -2.30. The number of benzene rings is 1. The summed E-state index contributed by atoms with van der Waals surface area (Å²) in [7, 11) is 1.95. The first kappa shape index (κ1) is 12.5. The van der Waals surface area contributed by atoms with Crippen molar-refractivity contribution < 1.29 is 9.13 Å². The summed E-state index contributed by atoms with van der Waals surface area (Å²) in [6.07, 6.45) is 2.94. The van der Waals surface area contributed by atoms with Crippen LogP contribution in [-0.4, -0.2) is 26.3 Å². The second-order valence-corrected chi connectivity index (χ2v) is 4.75. The fraction of sp³-hybridized carbons (Fsp3) is 0.571. The van der Waals surface area contributed by atoms with Gasteiger partial charge in [-0.15, -0.1) is 0 Å². The highest BCUT2D eigenvalue weighted by Gasteiger charge is 2.20. The smallest absolute Gasteiger partial charge is 0.126 e. The SMILES string of the molecule is CNC(Cc1ccccc1F)CC1CCOC1. The first-order valence-corrected chi connectivity index (χ1v) is 6.28. The normalized spacial score (nSPS) is 21.6. The third-order valence-corrected chi connectivity index (χ3v) is 3.47. The molecule has 94 valence electrons. The van der Waals surface area contributed by atoms with E-state index < -0.39 is 0 Å². The van der Waals surface area contributed by atoms with Gasteiger partial charge in [0.15, 0.2) is 0 Å². The molecule has 3 heteroatoms. The summed E-state index contributed by atoms with van der Waals surface area (Å²) in [6, 6.07) is 7.35. The van der Waals surface area contributed by atoms with Gasteiger partial charge in [0, 0.05) is 19.3 Å². The molecule has 1 aliphatic heterocycles. The largest absolute Gasteiger partial charge is 0.381 e. The van der Waals surface area contributed by atoms with Crippen LogP contribution < -0.4 is 5.32 Å². The van der Waals surface area contributed by atoms with Crippen LogP contribution in [0.4, 0.5) is 4.39 Å². The molecular formula is C14H20FNO. The number of hydrogen-bond donors (Lipinski definition) is 1. The Kier molecular flexibility index (Phi) is 4.51. The van der Waals surface area contributed by atoms with E-state index in [1.54, 1.807) is 6.07 Å². The molecule has 1 aromatic rings. The molecule has 1 aliphatic rings. The zero-order valence-electron chi connectivity index (χ0n) is 10.3. The minimum atomic E-state index is -0.101. The predicted molar refractivity (Wildman–Crippen MR) is 66.5 cm³/mol. The van der Waals surface area contributed by atoms with E-state index >= 15 is 0 Å². The Balaban J connectivity index is 1.92. The van der Waals surface area contributed by atoms with Gasteiger partial charge in [0.05, 0.1) is 0 Å². The van der Waals surface area contributed by atoms with E-state index in [9.17, 15) is 4.39 Å². The van der Waals surface area contributed by atoms with Crippen LogP contribution in [0.25, 0.3) is 0 Å². The Morgan fingerprint density at radius 2 is 2.29 bits per heavy atom. The highest BCUT2D eigenvalue weighted by Crippen LogP contribution is 2.20. The zero-order valence-corrected chi connectivity index (χ0v) is 10.3. The number of ether oxygens (including phenoxy) is 1. The van der Waals surface area contributed by atoms with Gasteiger partial charge in [0.1, 0.15) is 5.82 Å². The first-order valence-electron chi connectivity index (χ1n) is 6.28. The second kappa shape index (κ2) is 6.12. The van der Waals surface area contributed by atoms with Crippen molar-refractivity contribution in [2.24, 2.45) is 5.92 Å². The number of hydrogen-bond acceptors (Lipinski definition) is 2. The van der Waals surface area contributed by atoms with E-state index in [1.165, 1.54) is 6.07 Å². The molecule has 0 aliphatic carbocycles. The van der Waals surface area contributed by atoms with Crippen LogP contribution in [-0.2, 0) is 11.2 Å². The molecule has 0 amide bonds. The lowest BCUT2D eigenvalue weighted by Gasteiger charge is -2.19. The van der Waals surface area contributed by atoms with Crippen LogP contribution in [0.5, 0.6) is 0 Å². The predicted octanol–water partition coefficient (Wildman–Crippen LogP) is 2.38. The summed E-state index contributed by atoms with van der Waals surface area (Å²) < 4.78 is 18.9. The Bertz CT molecular complexity index is 350. The maximum atomic E-state index is 13.5. The third kappa shape index (κ3) is 3.51. The van der Waals surface area contributed by atoms with E-state index in [4.69, 9.17) is 4.74 Å². The van der Waals surface area contributed by atoms with Crippen LogP contribution >= 0.6 is 0 Å². The Labute approximate surface area is 102 Å². The fourth-order valence-electron chi connectivity index (χ4n) is 2.40. The van der Waals surface area contributed by atoms with Crippen molar-refractivity contribution in [2.75, 3.05) is 20.3 Å². The second-order valence-electron chi connectivity index (χ2n) is 4.75. The van der Waals surface area contributed by atoms with Crippen LogP contribution in [0.2, 0.25) is 0 Å². The van der Waals surface area contributed by atoms with Crippen LogP contribution in [0.3, 0.4) is 0 Å². The quantitative estimate of drug-likeness (QED) is 0.849. The summed E-state index contributed by atoms with van der Waals surface area (Å²) in [5.74, 6) is 0.523. The minimum absolute atomic E-state index is 0.101. The molecule has 1 N–H and O–H groups in total. The maximum Gasteiger partial charge on any atom is 0.126 e. The van der Waals surface area contributed by atoms with Crippen LogP contribution in [0.15, 0.2) is 24.3 Å². The molecule has 1 saturated heterocycles. The average Bonchev–Trinajstić information content (AvgIpc) is 2.84. The molecule has 0 bridgehead atoms. The molecule has 0 aromatic heterocycles. The van der Waals surface area contributed by atoms with Crippen molar-refractivity contribution in [3.63, 3.8) is 0 Å². The molecule has 2 atom stereocenters. The van der Waals surface area contributed by atoms with Gasteiger partial charge in [-0.25, -0.2) is 4.39 Å². The van der Waals surface area contributed by atoms with Gasteiger partial charge >= 0.3 is 0 Å². The molecule has 0 spiro atoms. The van der Waals surface area contributed by atoms with Crippen LogP contribution in [0.1, 0.15) is 18.4 Å². The molecule has 0 saturated carbocycles. The Hall–Kier alpha value is -0.930. The van der Waals surface area contributed by atoms with Gasteiger partial charge in [-0.05, 0) is 43.9 Å². The minimum Gasteiger partial charge on any atom is -0.381 e. The van der Waals surface area contributed by atoms with Gasteiger partial charge in [-0.1, -0.05) is 18.2 Å². The number of rotatable bonds is 5. The van der Waals surface area contributed by atoms with Gasteiger partial charge in [-0.2, -0.15) is 0 Å². The van der Waals surface area contributed by atoms with E-state index in [1.807, 2.05) is 19.2 Å².